The lowest BCUT2D eigenvalue weighted by Crippen LogP contribution is -2.41. The number of hydrogen-bond acceptors (Lipinski definition) is 3. The van der Waals surface area contributed by atoms with Crippen molar-refractivity contribution in [2.45, 2.75) is 38.1 Å². The number of rotatable bonds is 5. The second kappa shape index (κ2) is 4.39. The van der Waals surface area contributed by atoms with E-state index in [1.807, 2.05) is 0 Å². The molecule has 0 aromatic carbocycles. The van der Waals surface area contributed by atoms with Gasteiger partial charge in [0, 0.05) is 19.1 Å². The Morgan fingerprint density at radius 2 is 2.00 bits per heavy atom. The highest BCUT2D eigenvalue weighted by Crippen LogP contribution is 2.33. The molecule has 1 atom stereocenters. The van der Waals surface area contributed by atoms with Crippen LogP contribution in [0, 0.1) is 5.92 Å². The lowest BCUT2D eigenvalue weighted by atomic mass is 10.2. The van der Waals surface area contributed by atoms with Gasteiger partial charge in [-0.3, -0.25) is 0 Å². The van der Waals surface area contributed by atoms with Gasteiger partial charge in [-0.15, -0.1) is 0 Å². The van der Waals surface area contributed by atoms with Crippen molar-refractivity contribution in [1.82, 2.24) is 4.31 Å². The van der Waals surface area contributed by atoms with Gasteiger partial charge in [0.2, 0.25) is 10.0 Å². The van der Waals surface area contributed by atoms with E-state index < -0.39 is 10.0 Å². The lowest BCUT2D eigenvalue weighted by molar-refractivity contribution is 0.392. The van der Waals surface area contributed by atoms with Crippen LogP contribution >= 0.6 is 0 Å². The molecular weight excluding hydrogens is 212 g/mol. The Labute approximate surface area is 91.9 Å². The van der Waals surface area contributed by atoms with E-state index in [2.05, 4.69) is 0 Å². The fourth-order valence-electron chi connectivity index (χ4n) is 2.25. The van der Waals surface area contributed by atoms with E-state index in [1.54, 1.807) is 4.31 Å². The highest BCUT2D eigenvalue weighted by atomic mass is 32.2. The van der Waals surface area contributed by atoms with Crippen molar-refractivity contribution in [3.63, 3.8) is 0 Å². The summed E-state index contributed by atoms with van der Waals surface area (Å²) in [5.41, 5.74) is 5.58. The van der Waals surface area contributed by atoms with E-state index in [1.165, 1.54) is 12.8 Å². The molecule has 1 aliphatic carbocycles. The van der Waals surface area contributed by atoms with E-state index in [4.69, 9.17) is 5.73 Å². The topological polar surface area (TPSA) is 63.4 Å². The summed E-state index contributed by atoms with van der Waals surface area (Å²) in [7, 11) is -3.02. The van der Waals surface area contributed by atoms with E-state index in [0.717, 1.165) is 19.3 Å². The van der Waals surface area contributed by atoms with Gasteiger partial charge in [-0.2, -0.15) is 4.31 Å². The summed E-state index contributed by atoms with van der Waals surface area (Å²) in [5, 5.41) is 0. The van der Waals surface area contributed by atoms with Crippen LogP contribution in [0.3, 0.4) is 0 Å². The highest BCUT2D eigenvalue weighted by Gasteiger charge is 2.34. The zero-order valence-electron chi connectivity index (χ0n) is 9.06. The van der Waals surface area contributed by atoms with Crippen molar-refractivity contribution < 1.29 is 8.42 Å². The summed E-state index contributed by atoms with van der Waals surface area (Å²) >= 11 is 0. The minimum absolute atomic E-state index is 0.0641. The number of nitrogens with zero attached hydrogens (tertiary/aromatic N) is 1. The second-order valence-electron chi connectivity index (χ2n) is 4.69. The van der Waals surface area contributed by atoms with Crippen LogP contribution < -0.4 is 5.73 Å². The Morgan fingerprint density at radius 1 is 1.27 bits per heavy atom. The summed E-state index contributed by atoms with van der Waals surface area (Å²) in [6.07, 6.45) is 5.17. The van der Waals surface area contributed by atoms with Crippen LogP contribution in [0.2, 0.25) is 0 Å². The molecule has 0 radical (unpaired) electrons. The largest absolute Gasteiger partial charge is 0.329 e. The van der Waals surface area contributed by atoms with E-state index in [-0.39, 0.29) is 6.04 Å². The van der Waals surface area contributed by atoms with Crippen LogP contribution in [0.25, 0.3) is 0 Å². The minimum Gasteiger partial charge on any atom is -0.329 e. The molecule has 1 saturated carbocycles. The summed E-state index contributed by atoms with van der Waals surface area (Å²) in [5.74, 6) is 1.01. The molecule has 5 heteroatoms. The summed E-state index contributed by atoms with van der Waals surface area (Å²) in [6, 6.07) is 0.0641. The van der Waals surface area contributed by atoms with Crippen molar-refractivity contribution in [2.24, 2.45) is 11.7 Å². The molecule has 0 aromatic heterocycles. The van der Waals surface area contributed by atoms with Crippen molar-refractivity contribution in [2.75, 3.05) is 18.8 Å². The summed E-state index contributed by atoms with van der Waals surface area (Å²) < 4.78 is 25.6. The van der Waals surface area contributed by atoms with Crippen molar-refractivity contribution in [1.29, 1.82) is 0 Å². The van der Waals surface area contributed by atoms with Gasteiger partial charge in [-0.25, -0.2) is 8.42 Å². The molecule has 1 unspecified atom stereocenters. The third kappa shape index (κ3) is 2.71. The Morgan fingerprint density at radius 3 is 2.60 bits per heavy atom. The fraction of sp³-hybridized carbons (Fsp3) is 1.00. The predicted molar refractivity (Wildman–Crippen MR) is 59.9 cm³/mol. The van der Waals surface area contributed by atoms with Gasteiger partial charge in [-0.1, -0.05) is 12.8 Å². The van der Waals surface area contributed by atoms with Gasteiger partial charge in [0.25, 0.3) is 0 Å². The van der Waals surface area contributed by atoms with Gasteiger partial charge >= 0.3 is 0 Å². The first-order valence-corrected chi connectivity index (χ1v) is 7.44. The summed E-state index contributed by atoms with van der Waals surface area (Å²) in [6.45, 7) is 1.14. The number of sulfonamides is 1. The van der Waals surface area contributed by atoms with Crippen LogP contribution in [-0.4, -0.2) is 37.6 Å². The fourth-order valence-corrected chi connectivity index (χ4v) is 4.17. The SMILES string of the molecule is NCC1CCCN1S(=O)(=O)CCC1CC1. The van der Waals surface area contributed by atoms with Crippen LogP contribution in [0.4, 0.5) is 0 Å². The first kappa shape index (κ1) is 11.4. The molecule has 0 amide bonds. The monoisotopic (exact) mass is 232 g/mol. The van der Waals surface area contributed by atoms with Gasteiger partial charge in [0.1, 0.15) is 0 Å². The quantitative estimate of drug-likeness (QED) is 0.752. The molecule has 1 heterocycles. The number of hydrogen-bond donors (Lipinski definition) is 1. The van der Waals surface area contributed by atoms with Crippen molar-refractivity contribution >= 4 is 10.0 Å². The molecule has 4 nitrogen and oxygen atoms in total. The van der Waals surface area contributed by atoms with Crippen LogP contribution in [0.1, 0.15) is 32.1 Å². The number of nitrogens with two attached hydrogens (primary N) is 1. The van der Waals surface area contributed by atoms with Gasteiger partial charge < -0.3 is 5.73 Å². The Balaban J connectivity index is 1.93. The average molecular weight is 232 g/mol. The maximum absolute atomic E-state index is 12.0. The molecule has 0 bridgehead atoms. The first-order chi connectivity index (χ1) is 7.13. The maximum Gasteiger partial charge on any atom is 0.214 e. The third-order valence-electron chi connectivity index (χ3n) is 3.43. The van der Waals surface area contributed by atoms with E-state index in [0.29, 0.717) is 24.8 Å². The third-order valence-corrected chi connectivity index (χ3v) is 5.38. The van der Waals surface area contributed by atoms with Crippen molar-refractivity contribution in [3.05, 3.63) is 0 Å². The molecule has 2 fully saturated rings. The van der Waals surface area contributed by atoms with Gasteiger partial charge in [0.05, 0.1) is 5.75 Å². The van der Waals surface area contributed by atoms with E-state index in [9.17, 15) is 8.42 Å². The van der Waals surface area contributed by atoms with Crippen LogP contribution in [0.5, 0.6) is 0 Å². The second-order valence-corrected chi connectivity index (χ2v) is 6.73. The molecule has 88 valence electrons. The first-order valence-electron chi connectivity index (χ1n) is 5.83. The molecule has 0 aromatic rings. The molecule has 1 saturated heterocycles. The molecule has 1 aliphatic heterocycles. The molecular formula is C10H20N2O2S. The van der Waals surface area contributed by atoms with Crippen LogP contribution in [-0.2, 0) is 10.0 Å². The molecule has 0 spiro atoms. The minimum atomic E-state index is -3.02. The maximum atomic E-state index is 12.0. The normalized spacial score (nSPS) is 28.5. The average Bonchev–Trinajstić information content (AvgIpc) is 2.90. The Kier molecular flexibility index (Phi) is 3.33. The van der Waals surface area contributed by atoms with Gasteiger partial charge in [-0.05, 0) is 25.2 Å². The van der Waals surface area contributed by atoms with Gasteiger partial charge in [0.15, 0.2) is 0 Å². The zero-order chi connectivity index (χ0) is 10.9. The smallest absolute Gasteiger partial charge is 0.214 e. The van der Waals surface area contributed by atoms with Crippen molar-refractivity contribution in [3.8, 4) is 0 Å². The lowest BCUT2D eigenvalue weighted by Gasteiger charge is -2.22. The van der Waals surface area contributed by atoms with Crippen LogP contribution in [0.15, 0.2) is 0 Å². The zero-order valence-corrected chi connectivity index (χ0v) is 9.88. The Hall–Kier alpha value is -0.130. The summed E-state index contributed by atoms with van der Waals surface area (Å²) in [4.78, 5) is 0. The Bertz CT molecular complexity index is 311. The predicted octanol–water partition coefficient (Wildman–Crippen LogP) is 0.539. The highest BCUT2D eigenvalue weighted by molar-refractivity contribution is 7.89. The molecule has 15 heavy (non-hydrogen) atoms. The van der Waals surface area contributed by atoms with E-state index >= 15 is 0 Å². The molecule has 2 aliphatic rings. The standard InChI is InChI=1S/C10H20N2O2S/c11-8-10-2-1-6-12(10)15(13,14)7-5-9-3-4-9/h9-10H,1-8,11H2. The molecule has 2 rings (SSSR count). The molecule has 2 N–H and O–H groups in total.